The Balaban J connectivity index is 0.00000312. The van der Waals surface area contributed by atoms with Crippen molar-refractivity contribution in [3.05, 3.63) is 30.3 Å². The van der Waals surface area contributed by atoms with E-state index in [9.17, 15) is 8.42 Å². The van der Waals surface area contributed by atoms with Gasteiger partial charge in [-0.15, -0.1) is 24.0 Å². The van der Waals surface area contributed by atoms with Crippen LogP contribution in [0.2, 0.25) is 0 Å². The number of guanidine groups is 1. The Morgan fingerprint density at radius 1 is 1.28 bits per heavy atom. The monoisotopic (exact) mass is 481 g/mol. The number of nitrogens with zero attached hydrogens (tertiary/aromatic N) is 1. The number of hydrogen-bond acceptors (Lipinski definition) is 4. The molecule has 142 valence electrons. The fourth-order valence-electron chi connectivity index (χ4n) is 2.54. The summed E-state index contributed by atoms with van der Waals surface area (Å²) in [6.45, 7) is 4.78. The molecule has 0 radical (unpaired) electrons. The molecule has 2 N–H and O–H groups in total. The number of rotatable bonds is 8. The number of nitrogens with one attached hydrogen (secondary N) is 2. The number of halogens is 1. The van der Waals surface area contributed by atoms with Crippen molar-refractivity contribution >= 4 is 39.8 Å². The zero-order valence-corrected chi connectivity index (χ0v) is 17.8. The third-order valence-electron chi connectivity index (χ3n) is 3.81. The van der Waals surface area contributed by atoms with E-state index in [-0.39, 0.29) is 35.8 Å². The molecule has 1 aromatic carbocycles. The molecule has 1 aromatic rings. The van der Waals surface area contributed by atoms with Gasteiger partial charge in [-0.05, 0) is 38.3 Å². The highest BCUT2D eigenvalue weighted by Crippen LogP contribution is 2.12. The van der Waals surface area contributed by atoms with E-state index in [0.29, 0.717) is 30.4 Å². The van der Waals surface area contributed by atoms with Gasteiger partial charge in [0.25, 0.3) is 0 Å². The van der Waals surface area contributed by atoms with Crippen molar-refractivity contribution in [2.45, 2.75) is 37.2 Å². The van der Waals surface area contributed by atoms with E-state index in [2.05, 4.69) is 15.6 Å². The van der Waals surface area contributed by atoms with E-state index in [1.54, 1.807) is 24.3 Å². The Morgan fingerprint density at radius 3 is 2.68 bits per heavy atom. The Hall–Kier alpha value is -0.870. The maximum atomic E-state index is 12.2. The summed E-state index contributed by atoms with van der Waals surface area (Å²) in [5, 5.41) is 6.36. The van der Waals surface area contributed by atoms with E-state index in [0.717, 1.165) is 26.0 Å². The number of sulfone groups is 1. The average Bonchev–Trinajstić information content (AvgIpc) is 3.11. The summed E-state index contributed by atoms with van der Waals surface area (Å²) in [5.41, 5.74) is 0. The molecule has 1 heterocycles. The van der Waals surface area contributed by atoms with Crippen LogP contribution in [0.3, 0.4) is 0 Å². The van der Waals surface area contributed by atoms with Gasteiger partial charge in [-0.2, -0.15) is 0 Å². The molecule has 0 spiro atoms. The molecule has 1 fully saturated rings. The fraction of sp³-hybridized carbons (Fsp3) is 0.588. The molecule has 0 amide bonds. The van der Waals surface area contributed by atoms with Gasteiger partial charge in [-0.1, -0.05) is 18.2 Å². The molecule has 1 unspecified atom stereocenters. The van der Waals surface area contributed by atoms with E-state index >= 15 is 0 Å². The SMILES string of the molecule is CCNC(=NCC1CCCO1)NCCCS(=O)(=O)c1ccccc1.I. The minimum absolute atomic E-state index is 0. The number of benzene rings is 1. The first-order valence-corrected chi connectivity index (χ1v) is 10.2. The summed E-state index contributed by atoms with van der Waals surface area (Å²) in [5.74, 6) is 0.833. The quantitative estimate of drug-likeness (QED) is 0.258. The first-order valence-electron chi connectivity index (χ1n) is 8.53. The average molecular weight is 481 g/mol. The van der Waals surface area contributed by atoms with E-state index in [1.807, 2.05) is 13.0 Å². The second kappa shape index (κ2) is 11.7. The lowest BCUT2D eigenvalue weighted by molar-refractivity contribution is 0.117. The molecule has 1 aliphatic rings. The Bertz CT molecular complexity index is 617. The van der Waals surface area contributed by atoms with Crippen molar-refractivity contribution in [3.63, 3.8) is 0 Å². The van der Waals surface area contributed by atoms with Crippen LogP contribution in [0.15, 0.2) is 40.2 Å². The molecular weight excluding hydrogens is 453 g/mol. The van der Waals surface area contributed by atoms with E-state index in [1.165, 1.54) is 0 Å². The van der Waals surface area contributed by atoms with Gasteiger partial charge in [0.2, 0.25) is 0 Å². The van der Waals surface area contributed by atoms with Gasteiger partial charge in [-0.3, -0.25) is 4.99 Å². The maximum absolute atomic E-state index is 12.2. The minimum atomic E-state index is -3.22. The van der Waals surface area contributed by atoms with Gasteiger partial charge in [0.05, 0.1) is 23.3 Å². The Kier molecular flexibility index (Phi) is 10.4. The molecule has 8 heteroatoms. The zero-order valence-electron chi connectivity index (χ0n) is 14.6. The van der Waals surface area contributed by atoms with Crippen LogP contribution in [0.1, 0.15) is 26.2 Å². The Morgan fingerprint density at radius 2 is 2.04 bits per heavy atom. The minimum Gasteiger partial charge on any atom is -0.376 e. The van der Waals surface area contributed by atoms with Gasteiger partial charge in [-0.25, -0.2) is 8.42 Å². The van der Waals surface area contributed by atoms with Crippen molar-refractivity contribution < 1.29 is 13.2 Å². The van der Waals surface area contributed by atoms with Gasteiger partial charge < -0.3 is 15.4 Å². The van der Waals surface area contributed by atoms with Crippen molar-refractivity contribution in [3.8, 4) is 0 Å². The molecule has 2 rings (SSSR count). The summed E-state index contributed by atoms with van der Waals surface area (Å²) < 4.78 is 30.0. The number of ether oxygens (including phenoxy) is 1. The van der Waals surface area contributed by atoms with Crippen molar-refractivity contribution in [1.29, 1.82) is 0 Å². The van der Waals surface area contributed by atoms with Crippen LogP contribution in [0.5, 0.6) is 0 Å². The first-order chi connectivity index (χ1) is 11.6. The fourth-order valence-corrected chi connectivity index (χ4v) is 3.87. The van der Waals surface area contributed by atoms with Crippen LogP contribution >= 0.6 is 24.0 Å². The largest absolute Gasteiger partial charge is 0.376 e. The van der Waals surface area contributed by atoms with Crippen molar-refractivity contribution in [2.75, 3.05) is 32.0 Å². The second-order valence-corrected chi connectivity index (χ2v) is 7.88. The summed E-state index contributed by atoms with van der Waals surface area (Å²) in [6, 6.07) is 8.57. The smallest absolute Gasteiger partial charge is 0.191 e. The van der Waals surface area contributed by atoms with Crippen LogP contribution in [0.25, 0.3) is 0 Å². The highest BCUT2D eigenvalue weighted by Gasteiger charge is 2.15. The van der Waals surface area contributed by atoms with Gasteiger partial charge in [0.1, 0.15) is 0 Å². The maximum Gasteiger partial charge on any atom is 0.191 e. The lowest BCUT2D eigenvalue weighted by Gasteiger charge is -2.13. The van der Waals surface area contributed by atoms with Gasteiger partial charge >= 0.3 is 0 Å². The molecular formula is C17H28IN3O3S. The Labute approximate surface area is 167 Å². The van der Waals surface area contributed by atoms with Crippen molar-refractivity contribution in [2.24, 2.45) is 4.99 Å². The summed E-state index contributed by atoms with van der Waals surface area (Å²) >= 11 is 0. The summed E-state index contributed by atoms with van der Waals surface area (Å²) in [7, 11) is -3.22. The zero-order chi connectivity index (χ0) is 17.3. The van der Waals surface area contributed by atoms with Crippen LogP contribution in [0.4, 0.5) is 0 Å². The highest BCUT2D eigenvalue weighted by molar-refractivity contribution is 14.0. The van der Waals surface area contributed by atoms with Crippen LogP contribution in [0, 0.1) is 0 Å². The first kappa shape index (κ1) is 22.2. The molecule has 6 nitrogen and oxygen atoms in total. The number of aliphatic imine (C=N–C) groups is 1. The molecule has 0 bridgehead atoms. The van der Waals surface area contributed by atoms with Gasteiger partial charge in [0, 0.05) is 19.7 Å². The predicted octanol–water partition coefficient (Wildman–Crippen LogP) is 2.20. The molecule has 0 saturated carbocycles. The predicted molar refractivity (Wildman–Crippen MR) is 111 cm³/mol. The normalized spacial score (nSPS) is 17.8. The molecule has 25 heavy (non-hydrogen) atoms. The molecule has 0 aliphatic carbocycles. The molecule has 1 aliphatic heterocycles. The standard InChI is InChI=1S/C17H27N3O3S.HI/c1-2-18-17(20-14-15-8-6-12-23-15)19-11-7-13-24(21,22)16-9-4-3-5-10-16;/h3-5,9-10,15H,2,6-8,11-14H2,1H3,(H2,18,19,20);1H. The summed E-state index contributed by atoms with van der Waals surface area (Å²) in [6.07, 6.45) is 2.89. The van der Waals surface area contributed by atoms with Crippen LogP contribution < -0.4 is 10.6 Å². The van der Waals surface area contributed by atoms with Gasteiger partial charge in [0.15, 0.2) is 15.8 Å². The lowest BCUT2D eigenvalue weighted by atomic mass is 10.2. The molecule has 1 saturated heterocycles. The third-order valence-corrected chi connectivity index (χ3v) is 5.62. The molecule has 0 aromatic heterocycles. The summed E-state index contributed by atoms with van der Waals surface area (Å²) in [4.78, 5) is 4.89. The third kappa shape index (κ3) is 7.91. The molecule has 1 atom stereocenters. The lowest BCUT2D eigenvalue weighted by Crippen LogP contribution is -2.38. The van der Waals surface area contributed by atoms with Crippen LogP contribution in [-0.2, 0) is 14.6 Å². The van der Waals surface area contributed by atoms with Crippen LogP contribution in [-0.4, -0.2) is 52.5 Å². The second-order valence-electron chi connectivity index (χ2n) is 5.77. The number of hydrogen-bond donors (Lipinski definition) is 2. The van der Waals surface area contributed by atoms with E-state index in [4.69, 9.17) is 4.74 Å². The topological polar surface area (TPSA) is 79.8 Å². The van der Waals surface area contributed by atoms with Crippen molar-refractivity contribution in [1.82, 2.24) is 10.6 Å². The highest BCUT2D eigenvalue weighted by atomic mass is 127. The van der Waals surface area contributed by atoms with E-state index < -0.39 is 9.84 Å².